The van der Waals surface area contributed by atoms with Gasteiger partial charge in [-0.25, -0.2) is 9.97 Å². The van der Waals surface area contributed by atoms with Crippen LogP contribution in [0.2, 0.25) is 5.15 Å². The highest BCUT2D eigenvalue weighted by Gasteiger charge is 2.24. The Hall–Kier alpha value is -0.910. The molecule has 88 valence electrons. The van der Waals surface area contributed by atoms with Gasteiger partial charge >= 0.3 is 0 Å². The quantitative estimate of drug-likeness (QED) is 0.798. The second-order valence-electron chi connectivity index (χ2n) is 3.75. The number of nitrogens with zero attached hydrogens (tertiary/aromatic N) is 3. The van der Waals surface area contributed by atoms with E-state index in [2.05, 4.69) is 9.97 Å². The summed E-state index contributed by atoms with van der Waals surface area (Å²) in [7, 11) is 1.93. The number of anilines is 1. The monoisotopic (exact) mass is 243 g/mol. The molecule has 16 heavy (non-hydrogen) atoms. The number of ether oxygens (including phenoxy) is 1. The molecule has 1 saturated heterocycles. The van der Waals surface area contributed by atoms with Gasteiger partial charge in [0.05, 0.1) is 24.8 Å². The molecule has 1 unspecified atom stereocenters. The van der Waals surface area contributed by atoms with E-state index in [1.54, 1.807) is 0 Å². The highest BCUT2D eigenvalue weighted by molar-refractivity contribution is 6.30. The maximum atomic E-state index is 9.27. The van der Waals surface area contributed by atoms with E-state index in [0.717, 1.165) is 13.0 Å². The van der Waals surface area contributed by atoms with Gasteiger partial charge in [0.1, 0.15) is 17.3 Å². The van der Waals surface area contributed by atoms with Crippen molar-refractivity contribution in [3.8, 4) is 0 Å². The Morgan fingerprint density at radius 1 is 1.62 bits per heavy atom. The van der Waals surface area contributed by atoms with Crippen LogP contribution in [0.5, 0.6) is 0 Å². The molecule has 0 aliphatic carbocycles. The van der Waals surface area contributed by atoms with Crippen molar-refractivity contribution in [2.75, 3.05) is 25.2 Å². The largest absolute Gasteiger partial charge is 0.391 e. The summed E-state index contributed by atoms with van der Waals surface area (Å²) >= 11 is 5.91. The van der Waals surface area contributed by atoms with E-state index < -0.39 is 0 Å². The summed E-state index contributed by atoms with van der Waals surface area (Å²) in [4.78, 5) is 10.0. The van der Waals surface area contributed by atoms with Gasteiger partial charge < -0.3 is 14.7 Å². The summed E-state index contributed by atoms with van der Waals surface area (Å²) in [6.07, 6.45) is 2.37. The lowest BCUT2D eigenvalue weighted by Crippen LogP contribution is -2.33. The normalized spacial score (nSPS) is 20.1. The number of halogens is 1. The third-order valence-electron chi connectivity index (χ3n) is 2.82. The zero-order valence-electron chi connectivity index (χ0n) is 9.06. The fourth-order valence-electron chi connectivity index (χ4n) is 1.82. The number of hydrogen-bond donors (Lipinski definition) is 1. The van der Waals surface area contributed by atoms with Crippen LogP contribution in [0, 0.1) is 0 Å². The van der Waals surface area contributed by atoms with Gasteiger partial charge in [0.2, 0.25) is 0 Å². The molecule has 1 atom stereocenters. The van der Waals surface area contributed by atoms with Crippen LogP contribution in [0.3, 0.4) is 0 Å². The van der Waals surface area contributed by atoms with Gasteiger partial charge in [-0.1, -0.05) is 11.6 Å². The molecule has 1 fully saturated rings. The molecule has 0 spiro atoms. The van der Waals surface area contributed by atoms with E-state index in [-0.39, 0.29) is 12.6 Å². The van der Waals surface area contributed by atoms with Crippen LogP contribution in [-0.2, 0) is 11.3 Å². The first-order valence-electron chi connectivity index (χ1n) is 5.15. The minimum absolute atomic E-state index is 0.160. The smallest absolute Gasteiger partial charge is 0.140 e. The molecular formula is C10H14ClN3O2. The third kappa shape index (κ3) is 2.11. The predicted octanol–water partition coefficient (Wildman–Crippen LogP) is 0.847. The molecule has 0 bridgehead atoms. The summed E-state index contributed by atoms with van der Waals surface area (Å²) in [6, 6.07) is 0.288. The Kier molecular flexibility index (Phi) is 3.58. The first-order valence-corrected chi connectivity index (χ1v) is 5.52. The molecule has 1 aliphatic rings. The van der Waals surface area contributed by atoms with Crippen LogP contribution in [-0.4, -0.2) is 41.4 Å². The Morgan fingerprint density at radius 2 is 2.44 bits per heavy atom. The summed E-state index contributed by atoms with van der Waals surface area (Å²) in [6.45, 7) is 1.29. The van der Waals surface area contributed by atoms with Crippen LogP contribution in [0.25, 0.3) is 0 Å². The molecule has 2 rings (SSSR count). The van der Waals surface area contributed by atoms with Gasteiger partial charge in [0.15, 0.2) is 0 Å². The zero-order chi connectivity index (χ0) is 11.5. The highest BCUT2D eigenvalue weighted by atomic mass is 35.5. The zero-order valence-corrected chi connectivity index (χ0v) is 9.81. The fraction of sp³-hybridized carbons (Fsp3) is 0.600. The standard InChI is InChI=1S/C10H14ClN3O2/c1-14(7-2-3-16-5-7)10-8(4-15)9(11)12-6-13-10/h6-7,15H,2-5H2,1H3. The second-order valence-corrected chi connectivity index (χ2v) is 4.11. The molecule has 1 aromatic rings. The van der Waals surface area contributed by atoms with Crippen molar-refractivity contribution >= 4 is 17.4 Å². The Labute approximate surface area is 99.0 Å². The Morgan fingerprint density at radius 3 is 3.06 bits per heavy atom. The molecule has 1 aromatic heterocycles. The number of aliphatic hydroxyl groups excluding tert-OH is 1. The SMILES string of the molecule is CN(c1ncnc(Cl)c1CO)C1CCOC1. The minimum Gasteiger partial charge on any atom is -0.391 e. The lowest BCUT2D eigenvalue weighted by molar-refractivity contribution is 0.193. The maximum Gasteiger partial charge on any atom is 0.140 e. The predicted molar refractivity (Wildman–Crippen MR) is 60.6 cm³/mol. The maximum absolute atomic E-state index is 9.27. The van der Waals surface area contributed by atoms with Gasteiger partial charge in [-0.3, -0.25) is 0 Å². The number of aliphatic hydroxyl groups is 1. The van der Waals surface area contributed by atoms with E-state index in [0.29, 0.717) is 23.1 Å². The molecule has 2 heterocycles. The molecule has 1 aliphatic heterocycles. The molecule has 5 nitrogen and oxygen atoms in total. The summed E-state index contributed by atoms with van der Waals surface area (Å²) < 4.78 is 5.32. The average molecular weight is 244 g/mol. The Balaban J connectivity index is 2.27. The fourth-order valence-corrected chi connectivity index (χ4v) is 2.01. The number of aromatic nitrogens is 2. The van der Waals surface area contributed by atoms with Crippen molar-refractivity contribution < 1.29 is 9.84 Å². The van der Waals surface area contributed by atoms with E-state index in [1.165, 1.54) is 6.33 Å². The molecule has 1 N–H and O–H groups in total. The van der Waals surface area contributed by atoms with Crippen molar-refractivity contribution in [3.05, 3.63) is 17.0 Å². The highest BCUT2D eigenvalue weighted by Crippen LogP contribution is 2.25. The molecular weight excluding hydrogens is 230 g/mol. The van der Waals surface area contributed by atoms with Crippen molar-refractivity contribution in [1.82, 2.24) is 9.97 Å². The van der Waals surface area contributed by atoms with Gasteiger partial charge in [-0.15, -0.1) is 0 Å². The first-order chi connectivity index (χ1) is 7.74. The van der Waals surface area contributed by atoms with Gasteiger partial charge in [-0.05, 0) is 6.42 Å². The van der Waals surface area contributed by atoms with Crippen LogP contribution in [0.15, 0.2) is 6.33 Å². The molecule has 0 aromatic carbocycles. The van der Waals surface area contributed by atoms with Crippen molar-refractivity contribution in [3.63, 3.8) is 0 Å². The van der Waals surface area contributed by atoms with Crippen molar-refractivity contribution in [1.29, 1.82) is 0 Å². The van der Waals surface area contributed by atoms with E-state index in [4.69, 9.17) is 16.3 Å². The third-order valence-corrected chi connectivity index (χ3v) is 3.14. The van der Waals surface area contributed by atoms with Crippen LogP contribution in [0.1, 0.15) is 12.0 Å². The summed E-state index contributed by atoms with van der Waals surface area (Å²) in [5.41, 5.74) is 0.568. The van der Waals surface area contributed by atoms with Crippen LogP contribution >= 0.6 is 11.6 Å². The lowest BCUT2D eigenvalue weighted by Gasteiger charge is -2.25. The first kappa shape index (κ1) is 11.6. The Bertz CT molecular complexity index is 369. The molecule has 0 saturated carbocycles. The van der Waals surface area contributed by atoms with Gasteiger partial charge in [0.25, 0.3) is 0 Å². The summed E-state index contributed by atoms with van der Waals surface area (Å²) in [5, 5.41) is 9.57. The van der Waals surface area contributed by atoms with Crippen LogP contribution in [0.4, 0.5) is 5.82 Å². The van der Waals surface area contributed by atoms with E-state index in [9.17, 15) is 5.11 Å². The van der Waals surface area contributed by atoms with E-state index >= 15 is 0 Å². The topological polar surface area (TPSA) is 58.5 Å². The van der Waals surface area contributed by atoms with Gasteiger partial charge in [-0.2, -0.15) is 0 Å². The number of rotatable bonds is 3. The minimum atomic E-state index is -0.160. The number of hydrogen-bond acceptors (Lipinski definition) is 5. The van der Waals surface area contributed by atoms with Crippen LogP contribution < -0.4 is 4.90 Å². The second kappa shape index (κ2) is 4.95. The van der Waals surface area contributed by atoms with Crippen molar-refractivity contribution in [2.24, 2.45) is 0 Å². The molecule has 0 amide bonds. The summed E-state index contributed by atoms with van der Waals surface area (Å²) in [5.74, 6) is 0.679. The molecule has 0 radical (unpaired) electrons. The molecule has 6 heteroatoms. The van der Waals surface area contributed by atoms with Gasteiger partial charge in [0, 0.05) is 13.7 Å². The number of likely N-dealkylation sites (N-methyl/N-ethyl adjacent to an activating group) is 1. The lowest BCUT2D eigenvalue weighted by atomic mass is 10.2. The van der Waals surface area contributed by atoms with Crippen molar-refractivity contribution in [2.45, 2.75) is 19.1 Å². The van der Waals surface area contributed by atoms with E-state index in [1.807, 2.05) is 11.9 Å². The average Bonchev–Trinajstić information content (AvgIpc) is 2.81.